The van der Waals surface area contributed by atoms with Crippen molar-refractivity contribution in [2.45, 2.75) is 6.04 Å². The number of benzene rings is 1. The molecule has 0 aliphatic rings. The van der Waals surface area contributed by atoms with Crippen LogP contribution < -0.4 is 0 Å². The van der Waals surface area contributed by atoms with Crippen molar-refractivity contribution in [1.29, 1.82) is 0 Å². The minimum Gasteiger partial charge on any atom is -0.112 e. The van der Waals surface area contributed by atoms with E-state index in [4.69, 9.17) is 0 Å². The second kappa shape index (κ2) is 4.31. The molecule has 1 aromatic carbocycles. The van der Waals surface area contributed by atoms with Crippen LogP contribution in [0.3, 0.4) is 0 Å². The van der Waals surface area contributed by atoms with Crippen LogP contribution in [-0.2, 0) is 6.04 Å². The van der Waals surface area contributed by atoms with Gasteiger partial charge in [-0.3, -0.25) is 0 Å². The molecule has 0 aliphatic carbocycles. The number of hydrogen-bond donors (Lipinski definition) is 0. The van der Waals surface area contributed by atoms with Crippen LogP contribution in [0, 0.1) is 0 Å². The van der Waals surface area contributed by atoms with Crippen molar-refractivity contribution in [1.82, 2.24) is 0 Å². The van der Waals surface area contributed by atoms with E-state index in [0.29, 0.717) is 0 Å². The molecule has 1 radical (unpaired) electrons. The van der Waals surface area contributed by atoms with E-state index in [9.17, 15) is 0 Å². The molecule has 0 saturated heterocycles. The highest BCUT2D eigenvalue weighted by Crippen LogP contribution is 2.10. The Bertz CT molecular complexity index is 186. The molecule has 0 heterocycles. The van der Waals surface area contributed by atoms with E-state index < -0.39 is 6.04 Å². The van der Waals surface area contributed by atoms with Crippen molar-refractivity contribution >= 4 is 36.6 Å². The van der Waals surface area contributed by atoms with Crippen LogP contribution in [-0.4, -0.2) is 6.04 Å². The summed E-state index contributed by atoms with van der Waals surface area (Å²) in [6.07, 6.45) is 0. The normalized spacial score (nSPS) is 10.3. The van der Waals surface area contributed by atoms with Gasteiger partial charge in [0.2, 0.25) is 6.04 Å². The molecule has 0 unspecified atom stereocenters. The van der Waals surface area contributed by atoms with Gasteiger partial charge >= 0.3 is 0 Å². The molecule has 10 heavy (non-hydrogen) atoms. The van der Waals surface area contributed by atoms with Gasteiger partial charge in [-0.15, -0.1) is 30.6 Å². The first kappa shape index (κ1) is 8.49. The standard InChI is InChI=1S/C7H7Br2Si/c8-10(9)6-7-4-2-1-3-5-7/h1-5H,6H2. The molecule has 0 bridgehead atoms. The maximum atomic E-state index is 3.53. The second-order valence-corrected chi connectivity index (χ2v) is 12.0. The Morgan fingerprint density at radius 1 is 1.10 bits per heavy atom. The zero-order valence-corrected chi connectivity index (χ0v) is 9.52. The summed E-state index contributed by atoms with van der Waals surface area (Å²) in [5.74, 6) is 0. The third-order valence-corrected chi connectivity index (χ3v) is 3.54. The van der Waals surface area contributed by atoms with E-state index in [1.165, 1.54) is 5.56 Å². The molecule has 0 aromatic heterocycles. The second-order valence-electron chi connectivity index (χ2n) is 2.00. The summed E-state index contributed by atoms with van der Waals surface area (Å²) in [4.78, 5) is 0. The molecule has 53 valence electrons. The van der Waals surface area contributed by atoms with Crippen LogP contribution in [0.1, 0.15) is 5.56 Å². The summed E-state index contributed by atoms with van der Waals surface area (Å²) in [5, 5.41) is 0. The SMILES string of the molecule is Br[Si](Br)Cc1ccccc1. The van der Waals surface area contributed by atoms with Crippen molar-refractivity contribution < 1.29 is 0 Å². The predicted octanol–water partition coefficient (Wildman–Crippen LogP) is 3.05. The van der Waals surface area contributed by atoms with Gasteiger partial charge in [-0.2, -0.15) is 0 Å². The molecule has 0 amide bonds. The van der Waals surface area contributed by atoms with Gasteiger partial charge < -0.3 is 0 Å². The van der Waals surface area contributed by atoms with Crippen molar-refractivity contribution in [3.05, 3.63) is 35.9 Å². The fraction of sp³-hybridized carbons (Fsp3) is 0.143. The van der Waals surface area contributed by atoms with Crippen molar-refractivity contribution in [3.63, 3.8) is 0 Å². The molecule has 1 rings (SSSR count). The van der Waals surface area contributed by atoms with Crippen LogP contribution in [0.2, 0.25) is 0 Å². The van der Waals surface area contributed by atoms with Crippen molar-refractivity contribution in [2.75, 3.05) is 0 Å². The molecular weight excluding hydrogens is 272 g/mol. The number of hydrogen-bond acceptors (Lipinski definition) is 0. The molecule has 0 aliphatic heterocycles. The third kappa shape index (κ3) is 2.99. The van der Waals surface area contributed by atoms with Crippen LogP contribution in [0.15, 0.2) is 30.3 Å². The Balaban J connectivity index is 2.59. The molecule has 0 spiro atoms. The third-order valence-electron chi connectivity index (χ3n) is 1.18. The topological polar surface area (TPSA) is 0 Å². The minimum absolute atomic E-state index is 0.462. The fourth-order valence-electron chi connectivity index (χ4n) is 0.750. The lowest BCUT2D eigenvalue weighted by molar-refractivity contribution is 1.40. The van der Waals surface area contributed by atoms with Crippen LogP contribution in [0.25, 0.3) is 0 Å². The smallest absolute Gasteiger partial charge is 0.112 e. The van der Waals surface area contributed by atoms with E-state index in [1.54, 1.807) is 0 Å². The van der Waals surface area contributed by atoms with Crippen LogP contribution in [0.5, 0.6) is 0 Å². The van der Waals surface area contributed by atoms with E-state index in [0.717, 1.165) is 6.04 Å². The Kier molecular flexibility index (Phi) is 3.66. The van der Waals surface area contributed by atoms with Gasteiger partial charge in [0.25, 0.3) is 0 Å². The number of halogens is 2. The Labute approximate surface area is 78.4 Å². The first-order valence-electron chi connectivity index (χ1n) is 3.00. The molecule has 3 heteroatoms. The van der Waals surface area contributed by atoms with E-state index in [1.807, 2.05) is 6.07 Å². The average Bonchev–Trinajstić information content (AvgIpc) is 1.88. The van der Waals surface area contributed by atoms with Gasteiger partial charge in [-0.1, -0.05) is 30.3 Å². The predicted molar refractivity (Wildman–Crippen MR) is 53.8 cm³/mol. The zero-order valence-electron chi connectivity index (χ0n) is 5.35. The van der Waals surface area contributed by atoms with Gasteiger partial charge in [0, 0.05) is 0 Å². The summed E-state index contributed by atoms with van der Waals surface area (Å²) < 4.78 is 0. The van der Waals surface area contributed by atoms with Gasteiger partial charge in [0.15, 0.2) is 0 Å². The molecule has 0 saturated carbocycles. The average molecular weight is 279 g/mol. The van der Waals surface area contributed by atoms with Crippen molar-refractivity contribution in [3.8, 4) is 0 Å². The maximum absolute atomic E-state index is 3.53. The van der Waals surface area contributed by atoms with Gasteiger partial charge in [0.1, 0.15) is 0 Å². The largest absolute Gasteiger partial charge is 0.220 e. The first-order chi connectivity index (χ1) is 4.79. The molecule has 0 nitrogen and oxygen atoms in total. The lowest BCUT2D eigenvalue weighted by Gasteiger charge is -1.97. The van der Waals surface area contributed by atoms with E-state index in [-0.39, 0.29) is 0 Å². The molecule has 0 N–H and O–H groups in total. The monoisotopic (exact) mass is 277 g/mol. The Morgan fingerprint density at radius 2 is 1.70 bits per heavy atom. The lowest BCUT2D eigenvalue weighted by atomic mass is 10.2. The zero-order chi connectivity index (χ0) is 7.40. The highest BCUT2D eigenvalue weighted by Gasteiger charge is 2.01. The molecule has 0 atom stereocenters. The first-order valence-corrected chi connectivity index (χ1v) is 9.22. The molecular formula is C7H7Br2Si. The van der Waals surface area contributed by atoms with Crippen LogP contribution >= 0.6 is 30.6 Å². The van der Waals surface area contributed by atoms with Crippen LogP contribution in [0.4, 0.5) is 0 Å². The molecule has 1 aromatic rings. The van der Waals surface area contributed by atoms with Gasteiger partial charge in [0.05, 0.1) is 0 Å². The van der Waals surface area contributed by atoms with E-state index in [2.05, 4.69) is 54.9 Å². The molecule has 0 fully saturated rings. The van der Waals surface area contributed by atoms with Gasteiger partial charge in [-0.05, 0) is 11.6 Å². The summed E-state index contributed by atoms with van der Waals surface area (Å²) >= 11 is 7.06. The quantitative estimate of drug-likeness (QED) is 0.576. The number of rotatable bonds is 2. The summed E-state index contributed by atoms with van der Waals surface area (Å²) in [6, 6.07) is 11.1. The van der Waals surface area contributed by atoms with E-state index >= 15 is 0 Å². The Hall–Kier alpha value is 0.397. The summed E-state index contributed by atoms with van der Waals surface area (Å²) in [7, 11) is 0. The minimum atomic E-state index is -0.462. The summed E-state index contributed by atoms with van der Waals surface area (Å²) in [5.41, 5.74) is 1.39. The lowest BCUT2D eigenvalue weighted by Crippen LogP contribution is -1.96. The highest BCUT2D eigenvalue weighted by atomic mass is 79.9. The van der Waals surface area contributed by atoms with Gasteiger partial charge in [-0.25, -0.2) is 0 Å². The fourth-order valence-corrected chi connectivity index (χ4v) is 3.24. The summed E-state index contributed by atoms with van der Waals surface area (Å²) in [6.45, 7) is 0. The highest BCUT2D eigenvalue weighted by molar-refractivity contribution is 9.49. The Morgan fingerprint density at radius 3 is 2.20 bits per heavy atom. The maximum Gasteiger partial charge on any atom is 0.220 e. The van der Waals surface area contributed by atoms with Crippen molar-refractivity contribution in [2.24, 2.45) is 0 Å².